The molecule has 1 fully saturated rings. The first kappa shape index (κ1) is 4.43. The third-order valence-corrected chi connectivity index (χ3v) is 0.690. The molecule has 1 heterocycles. The lowest BCUT2D eigenvalue weighted by Gasteiger charge is -1.73. The molecule has 40 valence electrons. The lowest BCUT2D eigenvalue weighted by atomic mass is 10.8. The zero-order valence-electron chi connectivity index (χ0n) is 4.14. The molecule has 7 heavy (non-hydrogen) atoms. The molecule has 0 aromatic rings. The largest absolute Gasteiger partial charge is 0.714 e. The second kappa shape index (κ2) is 1.82. The van der Waals surface area contributed by atoms with Crippen molar-refractivity contribution in [2.24, 2.45) is 0 Å². The number of cyclic esters (lactones) is 2. The van der Waals surface area contributed by atoms with Gasteiger partial charge >= 0.3 is 6.16 Å². The zero-order chi connectivity index (χ0) is 5.11. The Balaban J connectivity index is 2.41. The van der Waals surface area contributed by atoms with Crippen LogP contribution in [0.15, 0.2) is 0 Å². The molecule has 1 aliphatic rings. The Hall–Kier alpha value is -0.730. The van der Waals surface area contributed by atoms with Crippen molar-refractivity contribution in [1.82, 2.24) is 0 Å². The second-order valence-corrected chi connectivity index (χ2v) is 1.15. The van der Waals surface area contributed by atoms with E-state index in [1.165, 1.54) is 7.11 Å². The number of ether oxygens (including phenoxy) is 2. The summed E-state index contributed by atoms with van der Waals surface area (Å²) in [6.07, 6.45) is 0.292. The SMILES string of the molecule is C[O+]=C1OCCO1. The fourth-order valence-electron chi connectivity index (χ4n) is 0.410. The molecule has 0 spiro atoms. The Bertz CT molecular complexity index is 78.9. The molecule has 0 atom stereocenters. The van der Waals surface area contributed by atoms with E-state index in [2.05, 4.69) is 4.42 Å². The smallest absolute Gasteiger partial charge is 0.323 e. The Labute approximate surface area is 41.5 Å². The van der Waals surface area contributed by atoms with Crippen LogP contribution in [0.4, 0.5) is 4.42 Å². The van der Waals surface area contributed by atoms with E-state index >= 15 is 0 Å². The van der Waals surface area contributed by atoms with Gasteiger partial charge < -0.3 is 13.9 Å². The predicted octanol–water partition coefficient (Wildman–Crippen LogP) is 0.319. The van der Waals surface area contributed by atoms with E-state index in [9.17, 15) is 0 Å². The van der Waals surface area contributed by atoms with E-state index in [-0.39, 0.29) is 0 Å². The third kappa shape index (κ3) is 0.824. The highest BCUT2D eigenvalue weighted by Gasteiger charge is 2.23. The van der Waals surface area contributed by atoms with E-state index < -0.39 is 0 Å². The topological polar surface area (TPSA) is 29.8 Å². The Morgan fingerprint density at radius 1 is 1.43 bits per heavy atom. The molecular weight excluding hydrogens is 96.0 g/mol. The maximum absolute atomic E-state index is 4.77. The van der Waals surface area contributed by atoms with Gasteiger partial charge in [-0.15, -0.1) is 0 Å². The quantitative estimate of drug-likeness (QED) is 0.326. The first-order valence-corrected chi connectivity index (χ1v) is 2.10. The van der Waals surface area contributed by atoms with Gasteiger partial charge in [0, 0.05) is 0 Å². The van der Waals surface area contributed by atoms with Crippen LogP contribution < -0.4 is 0 Å². The molecule has 1 saturated heterocycles. The second-order valence-electron chi connectivity index (χ2n) is 1.15. The summed E-state index contributed by atoms with van der Waals surface area (Å²) in [4.78, 5) is 0. The van der Waals surface area contributed by atoms with Crippen LogP contribution in [0.25, 0.3) is 0 Å². The van der Waals surface area contributed by atoms with Crippen molar-refractivity contribution in [3.63, 3.8) is 0 Å². The van der Waals surface area contributed by atoms with Crippen molar-refractivity contribution in [2.75, 3.05) is 20.3 Å². The highest BCUT2D eigenvalue weighted by Crippen LogP contribution is 1.96. The van der Waals surface area contributed by atoms with Crippen LogP contribution in [0.1, 0.15) is 0 Å². The molecule has 0 unspecified atom stereocenters. The number of rotatable bonds is 0. The summed E-state index contributed by atoms with van der Waals surface area (Å²) >= 11 is 0. The Morgan fingerprint density at radius 2 is 2.00 bits per heavy atom. The molecule has 0 amide bonds. The van der Waals surface area contributed by atoms with E-state index in [0.29, 0.717) is 19.4 Å². The zero-order valence-corrected chi connectivity index (χ0v) is 4.14. The first-order chi connectivity index (χ1) is 3.43. The van der Waals surface area contributed by atoms with Crippen molar-refractivity contribution in [1.29, 1.82) is 0 Å². The first-order valence-electron chi connectivity index (χ1n) is 2.10. The van der Waals surface area contributed by atoms with E-state index in [1.54, 1.807) is 0 Å². The normalized spacial score (nSPS) is 18.1. The molecule has 3 nitrogen and oxygen atoms in total. The summed E-state index contributed by atoms with van der Waals surface area (Å²) in [5.41, 5.74) is 0. The summed E-state index contributed by atoms with van der Waals surface area (Å²) in [6, 6.07) is 0. The van der Waals surface area contributed by atoms with Gasteiger partial charge in [-0.25, -0.2) is 0 Å². The van der Waals surface area contributed by atoms with Gasteiger partial charge in [-0.05, 0) is 0 Å². The maximum atomic E-state index is 4.77. The van der Waals surface area contributed by atoms with Gasteiger partial charge in [-0.1, -0.05) is 0 Å². The van der Waals surface area contributed by atoms with Gasteiger partial charge in [0.15, 0.2) is 0 Å². The number of hydrogen-bond acceptors (Lipinski definition) is 2. The van der Waals surface area contributed by atoms with Crippen molar-refractivity contribution in [3.05, 3.63) is 0 Å². The third-order valence-electron chi connectivity index (χ3n) is 0.690. The van der Waals surface area contributed by atoms with Gasteiger partial charge in [-0.2, -0.15) is 0 Å². The highest BCUT2D eigenvalue weighted by molar-refractivity contribution is 5.61. The molecular formula is C4H7O3+. The fraction of sp³-hybridized carbons (Fsp3) is 0.750. The monoisotopic (exact) mass is 103 g/mol. The van der Waals surface area contributed by atoms with Crippen molar-refractivity contribution < 1.29 is 13.9 Å². The molecule has 0 bridgehead atoms. The number of carbonyl (C=O) groups excluding carboxylic acids is 1. The lowest BCUT2D eigenvalue weighted by molar-refractivity contribution is -0.123. The van der Waals surface area contributed by atoms with Crippen LogP contribution in [-0.2, 0) is 9.47 Å². The molecule has 0 radical (unpaired) electrons. The van der Waals surface area contributed by atoms with Crippen molar-refractivity contribution >= 4 is 6.16 Å². The van der Waals surface area contributed by atoms with Gasteiger partial charge in [0.1, 0.15) is 7.11 Å². The summed E-state index contributed by atoms with van der Waals surface area (Å²) in [6.45, 7) is 1.23. The molecule has 0 saturated carbocycles. The van der Waals surface area contributed by atoms with Crippen LogP contribution in [0.2, 0.25) is 0 Å². The van der Waals surface area contributed by atoms with Gasteiger partial charge in [0.25, 0.3) is 0 Å². The molecule has 0 aromatic heterocycles. The van der Waals surface area contributed by atoms with Crippen LogP contribution >= 0.6 is 0 Å². The molecule has 1 rings (SSSR count). The maximum Gasteiger partial charge on any atom is 0.714 e. The minimum absolute atomic E-state index is 0.292. The predicted molar refractivity (Wildman–Crippen MR) is 23.2 cm³/mol. The van der Waals surface area contributed by atoms with E-state index in [0.717, 1.165) is 0 Å². The van der Waals surface area contributed by atoms with Crippen molar-refractivity contribution in [3.8, 4) is 0 Å². The standard InChI is InChI=1S/C4H7O3/c1-5-4-6-2-3-7-4/h2-3H2,1H3/q+1. The minimum Gasteiger partial charge on any atom is -0.323 e. The summed E-state index contributed by atoms with van der Waals surface area (Å²) in [7, 11) is 1.51. The van der Waals surface area contributed by atoms with Crippen LogP contribution in [-0.4, -0.2) is 26.5 Å². The average Bonchev–Trinajstić information content (AvgIpc) is 2.14. The lowest BCUT2D eigenvalue weighted by Crippen LogP contribution is -1.91. The summed E-state index contributed by atoms with van der Waals surface area (Å²) in [5, 5.41) is 0. The van der Waals surface area contributed by atoms with Crippen molar-refractivity contribution in [2.45, 2.75) is 0 Å². The average molecular weight is 103 g/mol. The molecule has 0 aliphatic carbocycles. The molecule has 0 N–H and O–H groups in total. The molecule has 0 aromatic carbocycles. The minimum atomic E-state index is 0.292. The van der Waals surface area contributed by atoms with Crippen LogP contribution in [0.5, 0.6) is 0 Å². The molecule has 3 heteroatoms. The van der Waals surface area contributed by atoms with Crippen LogP contribution in [0, 0.1) is 0 Å². The van der Waals surface area contributed by atoms with Gasteiger partial charge in [-0.3, -0.25) is 0 Å². The Kier molecular flexibility index (Phi) is 1.15. The fourth-order valence-corrected chi connectivity index (χ4v) is 0.410. The highest BCUT2D eigenvalue weighted by atomic mass is 16.8. The van der Waals surface area contributed by atoms with Crippen LogP contribution in [0.3, 0.4) is 0 Å². The van der Waals surface area contributed by atoms with E-state index in [1.807, 2.05) is 0 Å². The van der Waals surface area contributed by atoms with E-state index in [4.69, 9.17) is 9.47 Å². The summed E-state index contributed by atoms with van der Waals surface area (Å²) in [5.74, 6) is 0. The van der Waals surface area contributed by atoms with Gasteiger partial charge in [0.05, 0.1) is 0 Å². The Morgan fingerprint density at radius 3 is 2.29 bits per heavy atom. The summed E-state index contributed by atoms with van der Waals surface area (Å²) < 4.78 is 14.1. The van der Waals surface area contributed by atoms with Gasteiger partial charge in [0.2, 0.25) is 13.2 Å². The molecule has 1 aliphatic heterocycles. The number of hydrogen-bond donors (Lipinski definition) is 0.